The van der Waals surface area contributed by atoms with Crippen LogP contribution in [0.5, 0.6) is 11.5 Å². The molecule has 0 bridgehead atoms. The lowest BCUT2D eigenvalue weighted by Crippen LogP contribution is -2.29. The first-order valence-corrected chi connectivity index (χ1v) is 12.2. The predicted octanol–water partition coefficient (Wildman–Crippen LogP) is 5.84. The summed E-state index contributed by atoms with van der Waals surface area (Å²) in [4.78, 5) is 6.72. The third-order valence-corrected chi connectivity index (χ3v) is 7.24. The van der Waals surface area contributed by atoms with Crippen LogP contribution < -0.4 is 19.7 Å². The van der Waals surface area contributed by atoms with Crippen molar-refractivity contribution >= 4 is 23.0 Å². The molecule has 1 N–H and O–H groups in total. The molecule has 4 aromatic rings. The summed E-state index contributed by atoms with van der Waals surface area (Å²) >= 11 is 5.84. The van der Waals surface area contributed by atoms with E-state index in [9.17, 15) is 4.39 Å². The summed E-state index contributed by atoms with van der Waals surface area (Å²) < 4.78 is 27.5. The average Bonchev–Trinajstić information content (AvgIpc) is 3.56. The minimum atomic E-state index is -0.240. The standard InChI is InChI=1S/C28H25FN4O2S/c1-16-12-19(7-9-22(16)29)33-27(26(31-28(33)36)23-6-4-5-11-30-23)21-13-17(2)32(18(21)3)20-8-10-24-25(14-20)35-15-34-24/h4-14,26-27H,15H2,1-3H3,(H,31,36)/t26-,27-/m1/s1. The Labute approximate surface area is 214 Å². The van der Waals surface area contributed by atoms with Crippen molar-refractivity contribution in [2.75, 3.05) is 11.7 Å². The fourth-order valence-electron chi connectivity index (χ4n) is 5.24. The monoisotopic (exact) mass is 500 g/mol. The summed E-state index contributed by atoms with van der Waals surface area (Å²) in [6, 6.07) is 18.8. The van der Waals surface area contributed by atoms with E-state index in [1.54, 1.807) is 19.2 Å². The number of fused-ring (bicyclic) bond motifs is 1. The summed E-state index contributed by atoms with van der Waals surface area (Å²) in [7, 11) is 0. The number of hydrogen-bond acceptors (Lipinski definition) is 4. The summed E-state index contributed by atoms with van der Waals surface area (Å²) in [5.41, 5.74) is 6.55. The highest BCUT2D eigenvalue weighted by Gasteiger charge is 2.42. The fraction of sp³-hybridized carbons (Fsp3) is 0.214. The maximum absolute atomic E-state index is 14.1. The van der Waals surface area contributed by atoms with E-state index in [4.69, 9.17) is 21.7 Å². The van der Waals surface area contributed by atoms with Crippen molar-refractivity contribution < 1.29 is 13.9 Å². The number of thiocarbonyl (C=S) groups is 1. The number of rotatable bonds is 4. The Balaban J connectivity index is 1.50. The van der Waals surface area contributed by atoms with E-state index < -0.39 is 0 Å². The third kappa shape index (κ3) is 3.60. The number of benzene rings is 2. The number of pyridine rings is 1. The van der Waals surface area contributed by atoms with E-state index >= 15 is 0 Å². The number of aryl methyl sites for hydroxylation is 2. The van der Waals surface area contributed by atoms with Gasteiger partial charge in [0.2, 0.25) is 6.79 Å². The molecule has 182 valence electrons. The van der Waals surface area contributed by atoms with Gasteiger partial charge in [0.25, 0.3) is 0 Å². The maximum atomic E-state index is 14.1. The Bertz CT molecular complexity index is 1490. The lowest BCUT2D eigenvalue weighted by atomic mass is 9.96. The van der Waals surface area contributed by atoms with E-state index in [1.807, 2.05) is 42.5 Å². The molecule has 6 nitrogen and oxygen atoms in total. The van der Waals surface area contributed by atoms with Crippen LogP contribution in [-0.2, 0) is 0 Å². The Morgan fingerprint density at radius 3 is 2.56 bits per heavy atom. The predicted molar refractivity (Wildman–Crippen MR) is 140 cm³/mol. The molecule has 2 aliphatic rings. The number of anilines is 1. The molecule has 2 atom stereocenters. The molecule has 0 amide bonds. The fourth-order valence-corrected chi connectivity index (χ4v) is 5.58. The van der Waals surface area contributed by atoms with E-state index in [1.165, 1.54) is 6.07 Å². The molecule has 4 heterocycles. The maximum Gasteiger partial charge on any atom is 0.231 e. The van der Waals surface area contributed by atoms with Gasteiger partial charge in [0.05, 0.1) is 17.8 Å². The van der Waals surface area contributed by atoms with E-state index in [2.05, 4.69) is 39.7 Å². The SMILES string of the molecule is Cc1cc(N2C(=S)N[C@H](c3ccccn3)[C@H]2c2cc(C)n(-c3ccc4c(c3)OCO4)c2C)ccc1F. The van der Waals surface area contributed by atoms with Crippen LogP contribution in [-0.4, -0.2) is 21.5 Å². The van der Waals surface area contributed by atoms with Gasteiger partial charge in [0, 0.05) is 35.0 Å². The summed E-state index contributed by atoms with van der Waals surface area (Å²) in [6.45, 7) is 6.20. The van der Waals surface area contributed by atoms with Crippen molar-refractivity contribution in [3.05, 3.63) is 101 Å². The van der Waals surface area contributed by atoms with Gasteiger partial charge in [0.15, 0.2) is 16.6 Å². The van der Waals surface area contributed by atoms with Crippen molar-refractivity contribution in [2.24, 2.45) is 0 Å². The number of hydrogen-bond donors (Lipinski definition) is 1. The van der Waals surface area contributed by atoms with Crippen molar-refractivity contribution in [2.45, 2.75) is 32.9 Å². The van der Waals surface area contributed by atoms with Crippen molar-refractivity contribution in [1.29, 1.82) is 0 Å². The van der Waals surface area contributed by atoms with Crippen molar-refractivity contribution in [3.8, 4) is 17.2 Å². The van der Waals surface area contributed by atoms with Crippen LogP contribution in [0.1, 0.15) is 40.3 Å². The van der Waals surface area contributed by atoms with E-state index in [0.29, 0.717) is 10.7 Å². The first-order valence-electron chi connectivity index (χ1n) is 11.8. The first kappa shape index (κ1) is 22.5. The highest BCUT2D eigenvalue weighted by atomic mass is 32.1. The second-order valence-electron chi connectivity index (χ2n) is 9.13. The Morgan fingerprint density at radius 1 is 0.972 bits per heavy atom. The quantitative estimate of drug-likeness (QED) is 0.355. The summed E-state index contributed by atoms with van der Waals surface area (Å²) in [5.74, 6) is 1.25. The normalized spacial score (nSPS) is 18.6. The summed E-state index contributed by atoms with van der Waals surface area (Å²) in [5, 5.41) is 4.06. The Morgan fingerprint density at radius 2 is 1.78 bits per heavy atom. The minimum Gasteiger partial charge on any atom is -0.454 e. The molecule has 36 heavy (non-hydrogen) atoms. The number of halogens is 1. The Hall–Kier alpha value is -3.91. The summed E-state index contributed by atoms with van der Waals surface area (Å²) in [6.07, 6.45) is 1.79. The molecule has 2 aliphatic heterocycles. The van der Waals surface area contributed by atoms with Crippen LogP contribution in [0.15, 0.2) is 66.9 Å². The van der Waals surface area contributed by atoms with Crippen molar-refractivity contribution in [3.63, 3.8) is 0 Å². The molecule has 0 radical (unpaired) electrons. The molecule has 0 spiro atoms. The average molecular weight is 501 g/mol. The molecule has 6 rings (SSSR count). The van der Waals surface area contributed by atoms with Crippen LogP contribution in [0.3, 0.4) is 0 Å². The topological polar surface area (TPSA) is 51.6 Å². The minimum absolute atomic E-state index is 0.185. The van der Waals surface area contributed by atoms with Gasteiger partial charge in [-0.2, -0.15) is 0 Å². The van der Waals surface area contributed by atoms with Crippen molar-refractivity contribution in [1.82, 2.24) is 14.9 Å². The number of ether oxygens (including phenoxy) is 2. The lowest BCUT2D eigenvalue weighted by Gasteiger charge is -2.28. The van der Waals surface area contributed by atoms with Gasteiger partial charge >= 0.3 is 0 Å². The first-order chi connectivity index (χ1) is 17.4. The molecular formula is C28H25FN4O2S. The molecular weight excluding hydrogens is 475 g/mol. The molecule has 1 fully saturated rings. The Kier molecular flexibility index (Phi) is 5.41. The van der Waals surface area contributed by atoms with Gasteiger partial charge in [-0.3, -0.25) is 4.98 Å². The molecule has 8 heteroatoms. The second kappa shape index (κ2) is 8.64. The van der Waals surface area contributed by atoms with Crippen LogP contribution >= 0.6 is 12.2 Å². The molecule has 2 aromatic carbocycles. The number of nitrogens with one attached hydrogen (secondary N) is 1. The van der Waals surface area contributed by atoms with Gasteiger partial charge < -0.3 is 24.3 Å². The number of aromatic nitrogens is 2. The van der Waals surface area contributed by atoms with Gasteiger partial charge in [-0.25, -0.2) is 4.39 Å². The third-order valence-electron chi connectivity index (χ3n) is 6.92. The van der Waals surface area contributed by atoms with Crippen LogP contribution in [0, 0.1) is 26.6 Å². The largest absolute Gasteiger partial charge is 0.454 e. The van der Waals surface area contributed by atoms with Crippen LogP contribution in [0.4, 0.5) is 10.1 Å². The highest BCUT2D eigenvalue weighted by Crippen LogP contribution is 2.44. The van der Waals surface area contributed by atoms with E-state index in [0.717, 1.165) is 45.5 Å². The van der Waals surface area contributed by atoms with Gasteiger partial charge in [0.1, 0.15) is 5.82 Å². The molecule has 1 saturated heterocycles. The van der Waals surface area contributed by atoms with Gasteiger partial charge in [-0.05, 0) is 92.6 Å². The van der Waals surface area contributed by atoms with Gasteiger partial charge in [-0.1, -0.05) is 6.07 Å². The zero-order valence-corrected chi connectivity index (χ0v) is 21.0. The zero-order chi connectivity index (χ0) is 25.0. The molecule has 0 unspecified atom stereocenters. The highest BCUT2D eigenvalue weighted by molar-refractivity contribution is 7.80. The van der Waals surface area contributed by atoms with E-state index in [-0.39, 0.29) is 24.7 Å². The number of nitrogens with zero attached hydrogens (tertiary/aromatic N) is 3. The van der Waals surface area contributed by atoms with Crippen LogP contribution in [0.2, 0.25) is 0 Å². The molecule has 2 aromatic heterocycles. The smallest absolute Gasteiger partial charge is 0.231 e. The van der Waals surface area contributed by atoms with Gasteiger partial charge in [-0.15, -0.1) is 0 Å². The van der Waals surface area contributed by atoms with Crippen LogP contribution in [0.25, 0.3) is 5.69 Å². The lowest BCUT2D eigenvalue weighted by molar-refractivity contribution is 0.174. The molecule has 0 aliphatic carbocycles. The second-order valence-corrected chi connectivity index (χ2v) is 9.52. The zero-order valence-electron chi connectivity index (χ0n) is 20.2. The molecule has 0 saturated carbocycles.